The van der Waals surface area contributed by atoms with E-state index in [1.165, 1.54) is 61.6 Å². The summed E-state index contributed by atoms with van der Waals surface area (Å²) < 4.78 is 0. The Balaban J connectivity index is 1.56. The fraction of sp³-hybridized carbons (Fsp3) is 0.938. The van der Waals surface area contributed by atoms with E-state index in [-0.39, 0.29) is 0 Å². The second-order valence-corrected chi connectivity index (χ2v) is 9.42. The van der Waals surface area contributed by atoms with E-state index in [0.717, 1.165) is 11.2 Å². The molecule has 2 nitrogen and oxygen atoms in total. The van der Waals surface area contributed by atoms with Gasteiger partial charge in [0.1, 0.15) is 0 Å². The predicted octanol–water partition coefficient (Wildman–Crippen LogP) is 4.30. The highest BCUT2D eigenvalue weighted by Crippen LogP contribution is 2.39. The number of rotatable bonds is 3. The minimum atomic E-state index is 0.386. The van der Waals surface area contributed by atoms with Gasteiger partial charge in [-0.15, -0.1) is 0 Å². The quantitative estimate of drug-likeness (QED) is 0.841. The lowest BCUT2D eigenvalue weighted by atomic mass is 9.78. The fourth-order valence-electron chi connectivity index (χ4n) is 4.07. The van der Waals surface area contributed by atoms with Crippen LogP contribution in [-0.4, -0.2) is 33.5 Å². The first-order chi connectivity index (χ1) is 9.69. The molecule has 1 spiro atoms. The lowest BCUT2D eigenvalue weighted by Crippen LogP contribution is -2.47. The molecule has 114 valence electrons. The SMILES string of the molecule is CCSC1CCC(N=C2NC3(CCCC(C)C3)CS2)C1. The Morgan fingerprint density at radius 1 is 1.40 bits per heavy atom. The van der Waals surface area contributed by atoms with E-state index < -0.39 is 0 Å². The van der Waals surface area contributed by atoms with Crippen molar-refractivity contribution < 1.29 is 0 Å². The van der Waals surface area contributed by atoms with Gasteiger partial charge in [-0.05, 0) is 43.8 Å². The van der Waals surface area contributed by atoms with Gasteiger partial charge in [0, 0.05) is 16.5 Å². The first kappa shape index (κ1) is 15.1. The first-order valence-electron chi connectivity index (χ1n) is 8.29. The van der Waals surface area contributed by atoms with Gasteiger partial charge in [-0.2, -0.15) is 11.8 Å². The van der Waals surface area contributed by atoms with Crippen LogP contribution in [0.15, 0.2) is 4.99 Å². The summed E-state index contributed by atoms with van der Waals surface area (Å²) in [5, 5.41) is 5.94. The number of hydrogen-bond donors (Lipinski definition) is 1. The van der Waals surface area contributed by atoms with E-state index in [1.54, 1.807) is 0 Å². The molecule has 0 bridgehead atoms. The zero-order valence-corrected chi connectivity index (χ0v) is 14.5. The zero-order valence-electron chi connectivity index (χ0n) is 12.9. The largest absolute Gasteiger partial charge is 0.359 e. The van der Waals surface area contributed by atoms with Crippen LogP contribution in [0.3, 0.4) is 0 Å². The molecule has 4 atom stereocenters. The van der Waals surface area contributed by atoms with Crippen LogP contribution >= 0.6 is 23.5 Å². The van der Waals surface area contributed by atoms with Gasteiger partial charge in [-0.25, -0.2) is 0 Å². The second kappa shape index (κ2) is 6.51. The molecule has 0 aromatic rings. The van der Waals surface area contributed by atoms with Crippen molar-refractivity contribution in [3.8, 4) is 0 Å². The number of nitrogens with zero attached hydrogens (tertiary/aromatic N) is 1. The molecule has 0 aromatic heterocycles. The Bertz CT molecular complexity index is 371. The number of nitrogens with one attached hydrogen (secondary N) is 1. The molecule has 1 N–H and O–H groups in total. The summed E-state index contributed by atoms with van der Waals surface area (Å²) in [5.74, 6) is 3.38. The standard InChI is InChI=1S/C16H28N2S2/c1-3-19-14-7-6-13(9-14)17-15-18-16(11-20-15)8-4-5-12(2)10-16/h12-14H,3-11H2,1-2H3,(H,17,18). The number of hydrogen-bond acceptors (Lipinski definition) is 3. The summed E-state index contributed by atoms with van der Waals surface area (Å²) >= 11 is 4.11. The van der Waals surface area contributed by atoms with Gasteiger partial charge in [-0.1, -0.05) is 38.5 Å². The van der Waals surface area contributed by atoms with Crippen molar-refractivity contribution in [2.45, 2.75) is 75.6 Å². The summed E-state index contributed by atoms with van der Waals surface area (Å²) in [6.07, 6.45) is 9.47. The molecule has 0 aromatic carbocycles. The van der Waals surface area contributed by atoms with Crippen molar-refractivity contribution in [2.75, 3.05) is 11.5 Å². The Morgan fingerprint density at radius 2 is 2.30 bits per heavy atom. The number of amidine groups is 1. The maximum Gasteiger partial charge on any atom is 0.157 e. The van der Waals surface area contributed by atoms with Crippen molar-refractivity contribution >= 4 is 28.7 Å². The van der Waals surface area contributed by atoms with E-state index in [1.807, 2.05) is 11.8 Å². The summed E-state index contributed by atoms with van der Waals surface area (Å²) in [4.78, 5) is 5.04. The topological polar surface area (TPSA) is 24.4 Å². The van der Waals surface area contributed by atoms with Crippen LogP contribution in [0.4, 0.5) is 0 Å². The van der Waals surface area contributed by atoms with E-state index in [2.05, 4.69) is 30.9 Å². The summed E-state index contributed by atoms with van der Waals surface area (Å²) in [6, 6.07) is 0.588. The smallest absolute Gasteiger partial charge is 0.157 e. The van der Waals surface area contributed by atoms with Gasteiger partial charge in [0.25, 0.3) is 0 Å². The van der Waals surface area contributed by atoms with Gasteiger partial charge in [0.05, 0.1) is 6.04 Å². The molecule has 0 amide bonds. The van der Waals surface area contributed by atoms with Crippen LogP contribution in [-0.2, 0) is 0 Å². The van der Waals surface area contributed by atoms with E-state index in [4.69, 9.17) is 4.99 Å². The maximum absolute atomic E-state index is 5.04. The second-order valence-electron chi connectivity index (χ2n) is 6.87. The van der Waals surface area contributed by atoms with E-state index >= 15 is 0 Å². The average Bonchev–Trinajstić information content (AvgIpc) is 2.99. The lowest BCUT2D eigenvalue weighted by molar-refractivity contribution is 0.242. The molecule has 3 rings (SSSR count). The molecule has 3 fully saturated rings. The molecule has 1 aliphatic heterocycles. The van der Waals surface area contributed by atoms with Crippen LogP contribution in [0.1, 0.15) is 58.8 Å². The Labute approximate surface area is 132 Å². The molecule has 4 unspecified atom stereocenters. The first-order valence-corrected chi connectivity index (χ1v) is 10.3. The third kappa shape index (κ3) is 3.49. The molecule has 4 heteroatoms. The summed E-state index contributed by atoms with van der Waals surface area (Å²) in [6.45, 7) is 4.68. The fourth-order valence-corrected chi connectivity index (χ4v) is 6.46. The summed E-state index contributed by atoms with van der Waals surface area (Å²) in [5.41, 5.74) is 0.386. The van der Waals surface area contributed by atoms with Crippen molar-refractivity contribution in [1.29, 1.82) is 0 Å². The van der Waals surface area contributed by atoms with E-state index in [9.17, 15) is 0 Å². The lowest BCUT2D eigenvalue weighted by Gasteiger charge is -2.36. The van der Waals surface area contributed by atoms with Gasteiger partial charge < -0.3 is 5.32 Å². The molecule has 2 saturated carbocycles. The molecule has 2 aliphatic carbocycles. The molecule has 3 aliphatic rings. The number of aliphatic imine (C=N–C) groups is 1. The predicted molar refractivity (Wildman–Crippen MR) is 93.0 cm³/mol. The average molecular weight is 313 g/mol. The summed E-state index contributed by atoms with van der Waals surface area (Å²) in [7, 11) is 0. The molecule has 1 heterocycles. The van der Waals surface area contributed by atoms with Crippen molar-refractivity contribution in [3.63, 3.8) is 0 Å². The normalized spacial score (nSPS) is 43.3. The highest BCUT2D eigenvalue weighted by atomic mass is 32.2. The van der Waals surface area contributed by atoms with Crippen LogP contribution in [0.25, 0.3) is 0 Å². The van der Waals surface area contributed by atoms with Gasteiger partial charge in [0.15, 0.2) is 5.17 Å². The molecule has 0 radical (unpaired) electrons. The number of thioether (sulfide) groups is 2. The van der Waals surface area contributed by atoms with Gasteiger partial charge in [-0.3, -0.25) is 4.99 Å². The van der Waals surface area contributed by atoms with Crippen molar-refractivity contribution in [1.82, 2.24) is 5.32 Å². The third-order valence-corrected chi connectivity index (χ3v) is 7.42. The van der Waals surface area contributed by atoms with Crippen LogP contribution in [0, 0.1) is 5.92 Å². The van der Waals surface area contributed by atoms with Crippen molar-refractivity contribution in [2.24, 2.45) is 10.9 Å². The monoisotopic (exact) mass is 312 g/mol. The highest BCUT2D eigenvalue weighted by Gasteiger charge is 2.40. The highest BCUT2D eigenvalue weighted by molar-refractivity contribution is 8.14. The third-order valence-electron chi connectivity index (χ3n) is 5.01. The molecule has 1 saturated heterocycles. The van der Waals surface area contributed by atoms with E-state index in [0.29, 0.717) is 11.6 Å². The molecule has 20 heavy (non-hydrogen) atoms. The Kier molecular flexibility index (Phi) is 4.91. The Morgan fingerprint density at radius 3 is 3.10 bits per heavy atom. The minimum absolute atomic E-state index is 0.386. The maximum atomic E-state index is 5.04. The van der Waals surface area contributed by atoms with Crippen LogP contribution in [0.2, 0.25) is 0 Å². The molecular weight excluding hydrogens is 284 g/mol. The van der Waals surface area contributed by atoms with Gasteiger partial charge >= 0.3 is 0 Å². The van der Waals surface area contributed by atoms with Crippen LogP contribution < -0.4 is 5.32 Å². The van der Waals surface area contributed by atoms with Crippen LogP contribution in [0.5, 0.6) is 0 Å². The molecular formula is C16H28N2S2. The van der Waals surface area contributed by atoms with Gasteiger partial charge in [0.2, 0.25) is 0 Å². The minimum Gasteiger partial charge on any atom is -0.359 e. The Hall–Kier alpha value is 0.170. The zero-order chi connectivity index (χ0) is 14.0. The van der Waals surface area contributed by atoms with Crippen molar-refractivity contribution in [3.05, 3.63) is 0 Å².